The van der Waals surface area contributed by atoms with Crippen LogP contribution in [0, 0.1) is 5.82 Å². The van der Waals surface area contributed by atoms with Crippen LogP contribution in [0.2, 0.25) is 0 Å². The van der Waals surface area contributed by atoms with Crippen LogP contribution in [0.4, 0.5) is 4.39 Å². The topological polar surface area (TPSA) is 72.7 Å². The van der Waals surface area contributed by atoms with Crippen LogP contribution in [0.15, 0.2) is 48.8 Å². The zero-order valence-electron chi connectivity index (χ0n) is 14.3. The summed E-state index contributed by atoms with van der Waals surface area (Å²) in [5.74, 6) is -0.563. The molecule has 1 fully saturated rings. The van der Waals surface area contributed by atoms with Gasteiger partial charge in [-0.3, -0.25) is 9.78 Å². The van der Waals surface area contributed by atoms with E-state index in [4.69, 9.17) is 0 Å². The molecule has 7 heteroatoms. The Morgan fingerprint density at radius 1 is 1.27 bits per heavy atom. The Morgan fingerprint density at radius 2 is 2.12 bits per heavy atom. The maximum absolute atomic E-state index is 13.9. The van der Waals surface area contributed by atoms with Crippen molar-refractivity contribution >= 4 is 5.91 Å². The van der Waals surface area contributed by atoms with Crippen molar-refractivity contribution < 1.29 is 9.18 Å². The second kappa shape index (κ2) is 6.33. The van der Waals surface area contributed by atoms with Gasteiger partial charge in [0.2, 0.25) is 0 Å². The molecule has 2 aromatic heterocycles. The van der Waals surface area contributed by atoms with E-state index in [1.165, 1.54) is 23.0 Å². The third kappa shape index (κ3) is 3.08. The highest BCUT2D eigenvalue weighted by Crippen LogP contribution is 2.31. The number of hydrogen-bond donors (Lipinski definition) is 1. The summed E-state index contributed by atoms with van der Waals surface area (Å²) < 4.78 is 15.4. The molecule has 1 saturated carbocycles. The number of carbonyl (C=O) groups is 1. The summed E-state index contributed by atoms with van der Waals surface area (Å²) in [6.45, 7) is 2.06. The van der Waals surface area contributed by atoms with Crippen molar-refractivity contribution in [1.82, 2.24) is 25.3 Å². The molecule has 0 spiro atoms. The normalized spacial score (nSPS) is 15.3. The van der Waals surface area contributed by atoms with Gasteiger partial charge in [0.1, 0.15) is 11.4 Å². The lowest BCUT2D eigenvalue weighted by Gasteiger charge is -2.39. The first-order valence-corrected chi connectivity index (χ1v) is 8.50. The van der Waals surface area contributed by atoms with Crippen molar-refractivity contribution in [2.75, 3.05) is 0 Å². The van der Waals surface area contributed by atoms with Gasteiger partial charge in [0.15, 0.2) is 5.82 Å². The Bertz CT molecular complexity index is 964. The number of halogens is 1. The number of nitrogens with zero attached hydrogens (tertiary/aromatic N) is 4. The predicted molar refractivity (Wildman–Crippen MR) is 94.3 cm³/mol. The van der Waals surface area contributed by atoms with Crippen molar-refractivity contribution in [3.8, 4) is 17.1 Å². The summed E-state index contributed by atoms with van der Waals surface area (Å²) in [7, 11) is 0. The second-order valence-corrected chi connectivity index (χ2v) is 6.80. The Kier molecular flexibility index (Phi) is 3.99. The third-order valence-electron chi connectivity index (χ3n) is 4.74. The number of carbonyl (C=O) groups excluding carboxylic acids is 1. The number of nitrogens with one attached hydrogen (secondary N) is 1. The molecule has 26 heavy (non-hydrogen) atoms. The SMILES string of the molecule is CC1(NC(=O)c2cccc(-n3cc(-c4ncccc4F)nn3)c2)CCC1. The fourth-order valence-electron chi connectivity index (χ4n) is 3.04. The van der Waals surface area contributed by atoms with Gasteiger partial charge in [-0.1, -0.05) is 11.3 Å². The highest BCUT2D eigenvalue weighted by atomic mass is 19.1. The molecule has 0 saturated heterocycles. The third-order valence-corrected chi connectivity index (χ3v) is 4.74. The number of hydrogen-bond acceptors (Lipinski definition) is 4. The molecule has 2 heterocycles. The Morgan fingerprint density at radius 3 is 2.85 bits per heavy atom. The summed E-state index contributed by atoms with van der Waals surface area (Å²) in [5, 5.41) is 11.1. The molecule has 0 aliphatic heterocycles. The maximum Gasteiger partial charge on any atom is 0.251 e. The summed E-state index contributed by atoms with van der Waals surface area (Å²) >= 11 is 0. The van der Waals surface area contributed by atoms with E-state index >= 15 is 0 Å². The van der Waals surface area contributed by atoms with Crippen molar-refractivity contribution in [2.45, 2.75) is 31.7 Å². The molecule has 1 amide bonds. The van der Waals surface area contributed by atoms with E-state index in [0.717, 1.165) is 19.3 Å². The van der Waals surface area contributed by atoms with Gasteiger partial charge in [0, 0.05) is 17.3 Å². The molecule has 1 aliphatic rings. The summed E-state index contributed by atoms with van der Waals surface area (Å²) in [6.07, 6.45) is 6.24. The summed E-state index contributed by atoms with van der Waals surface area (Å²) in [4.78, 5) is 16.5. The lowest BCUT2D eigenvalue weighted by atomic mass is 9.78. The lowest BCUT2D eigenvalue weighted by molar-refractivity contribution is 0.0850. The van der Waals surface area contributed by atoms with Crippen molar-refractivity contribution in [3.63, 3.8) is 0 Å². The molecule has 3 aromatic rings. The minimum atomic E-state index is -0.457. The molecule has 0 unspecified atom stereocenters. The Hall–Kier alpha value is -3.09. The smallest absolute Gasteiger partial charge is 0.251 e. The highest BCUT2D eigenvalue weighted by Gasteiger charge is 2.33. The molecular formula is C19H18FN5O. The first-order valence-electron chi connectivity index (χ1n) is 8.50. The van der Waals surface area contributed by atoms with Crippen LogP contribution in [-0.2, 0) is 0 Å². The number of amides is 1. The number of benzene rings is 1. The van der Waals surface area contributed by atoms with Crippen LogP contribution in [0.25, 0.3) is 17.1 Å². The minimum Gasteiger partial charge on any atom is -0.347 e. The number of aromatic nitrogens is 4. The van der Waals surface area contributed by atoms with E-state index in [9.17, 15) is 9.18 Å². The molecule has 6 nitrogen and oxygen atoms in total. The van der Waals surface area contributed by atoms with E-state index in [-0.39, 0.29) is 17.1 Å². The van der Waals surface area contributed by atoms with E-state index in [0.29, 0.717) is 16.9 Å². The first kappa shape index (κ1) is 16.4. The molecule has 1 N–H and O–H groups in total. The van der Waals surface area contributed by atoms with Gasteiger partial charge < -0.3 is 5.32 Å². The fourth-order valence-corrected chi connectivity index (χ4v) is 3.04. The van der Waals surface area contributed by atoms with E-state index in [1.807, 2.05) is 6.07 Å². The molecule has 0 atom stereocenters. The van der Waals surface area contributed by atoms with Gasteiger partial charge >= 0.3 is 0 Å². The summed E-state index contributed by atoms with van der Waals surface area (Å²) in [5.41, 5.74) is 1.60. The van der Waals surface area contributed by atoms with Crippen molar-refractivity contribution in [2.24, 2.45) is 0 Å². The van der Waals surface area contributed by atoms with Crippen LogP contribution < -0.4 is 5.32 Å². The minimum absolute atomic E-state index is 0.106. The molecular weight excluding hydrogens is 333 g/mol. The van der Waals surface area contributed by atoms with Gasteiger partial charge in [0.25, 0.3) is 5.91 Å². The number of rotatable bonds is 4. The quantitative estimate of drug-likeness (QED) is 0.784. The molecule has 1 aromatic carbocycles. The average Bonchev–Trinajstić information content (AvgIpc) is 3.11. The zero-order valence-corrected chi connectivity index (χ0v) is 14.3. The first-order chi connectivity index (χ1) is 12.5. The molecule has 0 radical (unpaired) electrons. The molecule has 0 bridgehead atoms. The van der Waals surface area contributed by atoms with Crippen LogP contribution in [0.5, 0.6) is 0 Å². The van der Waals surface area contributed by atoms with Crippen LogP contribution in [-0.4, -0.2) is 31.4 Å². The van der Waals surface area contributed by atoms with Gasteiger partial charge in [-0.25, -0.2) is 9.07 Å². The maximum atomic E-state index is 13.9. The van der Waals surface area contributed by atoms with Gasteiger partial charge in [0.05, 0.1) is 11.9 Å². The fraction of sp³-hybridized carbons (Fsp3) is 0.263. The Balaban J connectivity index is 1.59. The van der Waals surface area contributed by atoms with Crippen LogP contribution in [0.1, 0.15) is 36.5 Å². The van der Waals surface area contributed by atoms with Crippen molar-refractivity contribution in [3.05, 3.63) is 60.2 Å². The van der Waals surface area contributed by atoms with E-state index in [1.54, 1.807) is 24.4 Å². The van der Waals surface area contributed by atoms with Crippen LogP contribution >= 0.6 is 0 Å². The van der Waals surface area contributed by atoms with E-state index < -0.39 is 5.82 Å². The lowest BCUT2D eigenvalue weighted by Crippen LogP contribution is -2.50. The second-order valence-electron chi connectivity index (χ2n) is 6.80. The average molecular weight is 351 g/mol. The Labute approximate surface area is 150 Å². The standard InChI is InChI=1S/C19H18FN5O/c1-19(8-4-9-19)22-18(26)13-5-2-6-14(11-13)25-12-16(23-24-25)17-15(20)7-3-10-21-17/h2-3,5-7,10-12H,4,8-9H2,1H3,(H,22,26). The van der Waals surface area contributed by atoms with Gasteiger partial charge in [-0.2, -0.15) is 0 Å². The van der Waals surface area contributed by atoms with Gasteiger partial charge in [-0.15, -0.1) is 5.10 Å². The molecule has 132 valence electrons. The van der Waals surface area contributed by atoms with Crippen molar-refractivity contribution in [1.29, 1.82) is 0 Å². The molecule has 1 aliphatic carbocycles. The summed E-state index contributed by atoms with van der Waals surface area (Å²) in [6, 6.07) is 9.95. The van der Waals surface area contributed by atoms with E-state index in [2.05, 4.69) is 27.5 Å². The molecule has 4 rings (SSSR count). The zero-order chi connectivity index (χ0) is 18.1. The largest absolute Gasteiger partial charge is 0.347 e. The number of pyridine rings is 1. The predicted octanol–water partition coefficient (Wildman–Crippen LogP) is 3.14. The highest BCUT2D eigenvalue weighted by molar-refractivity contribution is 5.95. The monoisotopic (exact) mass is 351 g/mol. The van der Waals surface area contributed by atoms with Crippen LogP contribution in [0.3, 0.4) is 0 Å². The van der Waals surface area contributed by atoms with Gasteiger partial charge in [-0.05, 0) is 56.5 Å².